The summed E-state index contributed by atoms with van der Waals surface area (Å²) in [6, 6.07) is 19.8. The average molecular weight is 412 g/mol. The van der Waals surface area contributed by atoms with Gasteiger partial charge in [-0.25, -0.2) is 0 Å². The summed E-state index contributed by atoms with van der Waals surface area (Å²) in [6.45, 7) is 11.6. The summed E-state index contributed by atoms with van der Waals surface area (Å²) < 4.78 is 5.78. The zero-order valence-electron chi connectivity index (χ0n) is 19.4. The Morgan fingerprint density at radius 2 is 1.37 bits per heavy atom. The van der Waals surface area contributed by atoms with Crippen molar-refractivity contribution in [2.45, 2.75) is 65.3 Å². The van der Waals surface area contributed by atoms with Crippen LogP contribution >= 0.6 is 0 Å². The van der Waals surface area contributed by atoms with Gasteiger partial charge in [-0.2, -0.15) is 0 Å². The largest absolute Gasteiger partial charge is 0.460 e. The van der Waals surface area contributed by atoms with E-state index < -0.39 is 17.6 Å². The molecule has 2 rings (SSSR count). The van der Waals surface area contributed by atoms with Crippen LogP contribution in [0.4, 0.5) is 0 Å². The molecule has 30 heavy (non-hydrogen) atoms. The van der Waals surface area contributed by atoms with Crippen LogP contribution in [-0.4, -0.2) is 34.7 Å². The van der Waals surface area contributed by atoms with Gasteiger partial charge in [-0.3, -0.25) is 9.69 Å². The number of esters is 1. The third-order valence-electron chi connectivity index (χ3n) is 5.54. The van der Waals surface area contributed by atoms with Gasteiger partial charge < -0.3 is 9.84 Å². The van der Waals surface area contributed by atoms with Gasteiger partial charge in [0.25, 0.3) is 0 Å². The smallest absolute Gasteiger partial charge is 0.314 e. The van der Waals surface area contributed by atoms with Crippen LogP contribution in [0.5, 0.6) is 0 Å². The molecule has 0 heterocycles. The molecule has 0 unspecified atom stereocenters. The lowest BCUT2D eigenvalue weighted by molar-refractivity contribution is -0.169. The van der Waals surface area contributed by atoms with Crippen LogP contribution in [0, 0.1) is 11.8 Å². The molecular weight excluding hydrogens is 374 g/mol. The Morgan fingerprint density at radius 1 is 0.900 bits per heavy atom. The molecule has 4 atom stereocenters. The Kier molecular flexibility index (Phi) is 8.22. The van der Waals surface area contributed by atoms with E-state index in [4.69, 9.17) is 4.74 Å². The van der Waals surface area contributed by atoms with Gasteiger partial charge in [0.1, 0.15) is 11.5 Å². The van der Waals surface area contributed by atoms with Crippen LogP contribution in [0.1, 0.15) is 64.8 Å². The SMILES string of the molecule is CC(C)[C@@H](O)[C@@H](C(=O)OC(C)(C)C)[C@@H](c1ccccc1)N(C)[C@H](C)c1ccccc1. The Labute approximate surface area is 181 Å². The maximum Gasteiger partial charge on any atom is 0.314 e. The number of rotatable bonds is 8. The quantitative estimate of drug-likeness (QED) is 0.591. The number of nitrogens with zero attached hydrogens (tertiary/aromatic N) is 1. The second-order valence-corrected chi connectivity index (χ2v) is 9.40. The molecule has 1 N–H and O–H groups in total. The van der Waals surface area contributed by atoms with Crippen molar-refractivity contribution >= 4 is 5.97 Å². The van der Waals surface area contributed by atoms with Crippen LogP contribution in [0.3, 0.4) is 0 Å². The minimum atomic E-state index is -0.838. The molecule has 4 heteroatoms. The molecule has 0 spiro atoms. The number of carbonyl (C=O) groups excluding carboxylic acids is 1. The van der Waals surface area contributed by atoms with E-state index in [-0.39, 0.29) is 24.0 Å². The first-order valence-corrected chi connectivity index (χ1v) is 10.8. The highest BCUT2D eigenvalue weighted by atomic mass is 16.6. The van der Waals surface area contributed by atoms with E-state index >= 15 is 0 Å². The van der Waals surface area contributed by atoms with E-state index in [0.29, 0.717) is 0 Å². The number of hydrogen-bond donors (Lipinski definition) is 1. The molecule has 0 saturated heterocycles. The van der Waals surface area contributed by atoms with E-state index in [2.05, 4.69) is 24.0 Å². The third-order valence-corrected chi connectivity index (χ3v) is 5.54. The van der Waals surface area contributed by atoms with E-state index in [1.54, 1.807) is 0 Å². The minimum Gasteiger partial charge on any atom is -0.460 e. The molecule has 2 aromatic carbocycles. The van der Waals surface area contributed by atoms with Gasteiger partial charge in [0, 0.05) is 6.04 Å². The van der Waals surface area contributed by atoms with Crippen molar-refractivity contribution in [3.05, 3.63) is 71.8 Å². The zero-order chi connectivity index (χ0) is 22.5. The first-order chi connectivity index (χ1) is 14.0. The van der Waals surface area contributed by atoms with Crippen LogP contribution in [0.15, 0.2) is 60.7 Å². The summed E-state index contributed by atoms with van der Waals surface area (Å²) in [5, 5.41) is 11.2. The predicted molar refractivity (Wildman–Crippen MR) is 122 cm³/mol. The topological polar surface area (TPSA) is 49.8 Å². The average Bonchev–Trinajstić information content (AvgIpc) is 2.70. The fraction of sp³-hybridized carbons (Fsp3) is 0.500. The number of aliphatic hydroxyl groups excluding tert-OH is 1. The molecule has 0 radical (unpaired) electrons. The van der Waals surface area contributed by atoms with Crippen LogP contribution in [-0.2, 0) is 9.53 Å². The summed E-state index contributed by atoms with van der Waals surface area (Å²) in [6.07, 6.45) is -0.838. The second-order valence-electron chi connectivity index (χ2n) is 9.40. The van der Waals surface area contributed by atoms with E-state index in [1.165, 1.54) is 0 Å². The van der Waals surface area contributed by atoms with Crippen LogP contribution in [0.2, 0.25) is 0 Å². The molecule has 0 bridgehead atoms. The highest BCUT2D eigenvalue weighted by molar-refractivity contribution is 5.75. The first kappa shape index (κ1) is 24.1. The molecule has 0 aliphatic carbocycles. The highest BCUT2D eigenvalue weighted by Gasteiger charge is 2.42. The molecular formula is C26H37NO3. The fourth-order valence-corrected chi connectivity index (χ4v) is 3.79. The monoisotopic (exact) mass is 411 g/mol. The third kappa shape index (κ3) is 6.16. The molecule has 2 aromatic rings. The standard InChI is InChI=1S/C26H37NO3/c1-18(2)24(28)22(25(29)30-26(4,5)6)23(21-16-12-9-13-17-21)27(7)19(3)20-14-10-8-11-15-20/h8-19,22-24,28H,1-7H3/t19-,22+,23-,24-/m1/s1. The van der Waals surface area contributed by atoms with Crippen LogP contribution in [0.25, 0.3) is 0 Å². The Morgan fingerprint density at radius 3 is 1.80 bits per heavy atom. The number of hydrogen-bond acceptors (Lipinski definition) is 4. The molecule has 0 fully saturated rings. The van der Waals surface area contributed by atoms with Crippen molar-refractivity contribution in [2.75, 3.05) is 7.05 Å². The minimum absolute atomic E-state index is 0.0423. The lowest BCUT2D eigenvalue weighted by Crippen LogP contribution is -2.46. The molecule has 0 aliphatic rings. The summed E-state index contributed by atoms with van der Waals surface area (Å²) >= 11 is 0. The van der Waals surface area contributed by atoms with Gasteiger partial charge in [0.2, 0.25) is 0 Å². The number of aliphatic hydroxyl groups is 1. The van der Waals surface area contributed by atoms with Gasteiger partial charge in [-0.05, 0) is 51.8 Å². The molecule has 4 nitrogen and oxygen atoms in total. The van der Waals surface area contributed by atoms with Gasteiger partial charge in [0.05, 0.1) is 12.1 Å². The molecule has 0 amide bonds. The lowest BCUT2D eigenvalue weighted by atomic mass is 9.82. The first-order valence-electron chi connectivity index (χ1n) is 10.8. The number of benzene rings is 2. The fourth-order valence-electron chi connectivity index (χ4n) is 3.79. The Bertz CT molecular complexity index is 783. The van der Waals surface area contributed by atoms with E-state index in [0.717, 1.165) is 11.1 Å². The zero-order valence-corrected chi connectivity index (χ0v) is 19.4. The summed E-state index contributed by atoms with van der Waals surface area (Å²) in [4.78, 5) is 15.5. The summed E-state index contributed by atoms with van der Waals surface area (Å²) in [5.74, 6) is -1.18. The Balaban J connectivity index is 2.54. The second kappa shape index (κ2) is 10.2. The maximum absolute atomic E-state index is 13.4. The van der Waals surface area contributed by atoms with Crippen molar-refractivity contribution in [1.29, 1.82) is 0 Å². The van der Waals surface area contributed by atoms with E-state index in [9.17, 15) is 9.90 Å². The number of ether oxygens (including phenoxy) is 1. The van der Waals surface area contributed by atoms with Gasteiger partial charge >= 0.3 is 5.97 Å². The molecule has 164 valence electrons. The maximum atomic E-state index is 13.4. The summed E-state index contributed by atoms with van der Waals surface area (Å²) in [5.41, 5.74) is 1.51. The Hall–Kier alpha value is -2.17. The predicted octanol–water partition coefficient (Wildman–Crippen LogP) is 5.40. The summed E-state index contributed by atoms with van der Waals surface area (Å²) in [7, 11) is 2.01. The van der Waals surface area contributed by atoms with Gasteiger partial charge in [-0.1, -0.05) is 74.5 Å². The van der Waals surface area contributed by atoms with Crippen molar-refractivity contribution < 1.29 is 14.6 Å². The highest BCUT2D eigenvalue weighted by Crippen LogP contribution is 2.38. The van der Waals surface area contributed by atoms with Crippen molar-refractivity contribution in [3.63, 3.8) is 0 Å². The normalized spacial score (nSPS) is 16.2. The van der Waals surface area contributed by atoms with Gasteiger partial charge in [0.15, 0.2) is 0 Å². The molecule has 0 saturated carbocycles. The van der Waals surface area contributed by atoms with Crippen molar-refractivity contribution in [2.24, 2.45) is 11.8 Å². The molecule has 0 aromatic heterocycles. The van der Waals surface area contributed by atoms with E-state index in [1.807, 2.05) is 90.2 Å². The van der Waals surface area contributed by atoms with Gasteiger partial charge in [-0.15, -0.1) is 0 Å². The molecule has 0 aliphatic heterocycles. The van der Waals surface area contributed by atoms with Crippen molar-refractivity contribution in [1.82, 2.24) is 4.90 Å². The van der Waals surface area contributed by atoms with Crippen molar-refractivity contribution in [3.8, 4) is 0 Å². The lowest BCUT2D eigenvalue weighted by Gasteiger charge is -2.41. The number of carbonyl (C=O) groups is 1. The van der Waals surface area contributed by atoms with Crippen LogP contribution < -0.4 is 0 Å².